The molecule has 3 atom stereocenters. The Balaban J connectivity index is 2.32. The molecule has 0 aromatic rings. The first-order chi connectivity index (χ1) is 6.63. The monoisotopic (exact) mass is 196 g/mol. The van der Waals surface area contributed by atoms with Crippen LogP contribution in [0.25, 0.3) is 0 Å². The predicted molar refractivity (Wildman–Crippen MR) is 64.4 cm³/mol. The van der Waals surface area contributed by atoms with Crippen molar-refractivity contribution in [1.29, 1.82) is 0 Å². The van der Waals surface area contributed by atoms with Gasteiger partial charge in [-0.1, -0.05) is 47.0 Å². The molecule has 0 radical (unpaired) electrons. The van der Waals surface area contributed by atoms with Crippen LogP contribution in [0.15, 0.2) is 0 Å². The highest BCUT2D eigenvalue weighted by molar-refractivity contribution is 4.78. The molecule has 0 aromatic carbocycles. The topological polar surface area (TPSA) is 0 Å². The average molecular weight is 196 g/mol. The molecule has 3 unspecified atom stereocenters. The average Bonchev–Trinajstić information content (AvgIpc) is 2.10. The van der Waals surface area contributed by atoms with Crippen molar-refractivity contribution in [2.24, 2.45) is 23.7 Å². The van der Waals surface area contributed by atoms with Gasteiger partial charge >= 0.3 is 0 Å². The van der Waals surface area contributed by atoms with Crippen molar-refractivity contribution < 1.29 is 0 Å². The lowest BCUT2D eigenvalue weighted by atomic mass is 9.71. The van der Waals surface area contributed by atoms with E-state index in [0.29, 0.717) is 0 Å². The molecule has 0 spiro atoms. The summed E-state index contributed by atoms with van der Waals surface area (Å²) in [5.74, 6) is 3.97. The highest BCUT2D eigenvalue weighted by Gasteiger charge is 2.27. The second-order valence-corrected chi connectivity index (χ2v) is 5.83. The maximum Gasteiger partial charge on any atom is -0.0386 e. The van der Waals surface area contributed by atoms with E-state index in [1.165, 1.54) is 38.5 Å². The van der Waals surface area contributed by atoms with E-state index in [2.05, 4.69) is 27.7 Å². The molecule has 1 aliphatic rings. The second kappa shape index (κ2) is 5.78. The maximum atomic E-state index is 2.48. The molecule has 0 aromatic heterocycles. The molecule has 0 N–H and O–H groups in total. The molecule has 1 aliphatic carbocycles. The smallest absolute Gasteiger partial charge is 0.0386 e. The summed E-state index contributed by atoms with van der Waals surface area (Å²) in [7, 11) is 0. The van der Waals surface area contributed by atoms with Crippen molar-refractivity contribution in [2.45, 2.75) is 66.2 Å². The SMILES string of the molecule is CCCC1CCC(CC(C)C)C(C)C1. The van der Waals surface area contributed by atoms with Crippen LogP contribution in [0.1, 0.15) is 66.2 Å². The van der Waals surface area contributed by atoms with Crippen LogP contribution in [0.5, 0.6) is 0 Å². The molecule has 1 saturated carbocycles. The Bertz CT molecular complexity index is 148. The summed E-state index contributed by atoms with van der Waals surface area (Å²) < 4.78 is 0. The van der Waals surface area contributed by atoms with E-state index in [1.807, 2.05) is 0 Å². The normalized spacial score (nSPS) is 33.6. The third kappa shape index (κ3) is 3.63. The van der Waals surface area contributed by atoms with E-state index >= 15 is 0 Å². The first kappa shape index (κ1) is 12.1. The van der Waals surface area contributed by atoms with Gasteiger partial charge in [-0.05, 0) is 42.9 Å². The lowest BCUT2D eigenvalue weighted by Gasteiger charge is -2.35. The molecule has 1 rings (SSSR count). The Morgan fingerprint density at radius 1 is 1.21 bits per heavy atom. The minimum absolute atomic E-state index is 0.894. The first-order valence-electron chi connectivity index (χ1n) is 6.63. The lowest BCUT2D eigenvalue weighted by Crippen LogP contribution is -2.24. The van der Waals surface area contributed by atoms with Gasteiger partial charge in [0.15, 0.2) is 0 Å². The summed E-state index contributed by atoms with van der Waals surface area (Å²) in [4.78, 5) is 0. The van der Waals surface area contributed by atoms with E-state index in [-0.39, 0.29) is 0 Å². The van der Waals surface area contributed by atoms with Crippen LogP contribution in [0.4, 0.5) is 0 Å². The summed E-state index contributed by atoms with van der Waals surface area (Å²) in [5.41, 5.74) is 0. The van der Waals surface area contributed by atoms with Gasteiger partial charge in [-0.3, -0.25) is 0 Å². The van der Waals surface area contributed by atoms with E-state index in [0.717, 1.165) is 23.7 Å². The second-order valence-electron chi connectivity index (χ2n) is 5.83. The van der Waals surface area contributed by atoms with E-state index in [1.54, 1.807) is 0 Å². The molecule has 0 heterocycles. The number of rotatable bonds is 4. The first-order valence-corrected chi connectivity index (χ1v) is 6.63. The van der Waals surface area contributed by atoms with Crippen LogP contribution >= 0.6 is 0 Å². The summed E-state index contributed by atoms with van der Waals surface area (Å²) in [6.45, 7) is 9.54. The Morgan fingerprint density at radius 3 is 2.43 bits per heavy atom. The van der Waals surface area contributed by atoms with Gasteiger partial charge in [0, 0.05) is 0 Å². The van der Waals surface area contributed by atoms with Crippen molar-refractivity contribution >= 4 is 0 Å². The summed E-state index contributed by atoms with van der Waals surface area (Å²) in [6, 6.07) is 0. The molecule has 84 valence electrons. The summed E-state index contributed by atoms with van der Waals surface area (Å²) in [6.07, 6.45) is 8.83. The predicted octanol–water partition coefficient (Wildman–Crippen LogP) is 4.89. The molecular weight excluding hydrogens is 168 g/mol. The Morgan fingerprint density at radius 2 is 1.93 bits per heavy atom. The van der Waals surface area contributed by atoms with Gasteiger partial charge < -0.3 is 0 Å². The molecular formula is C14H28. The Kier molecular flexibility index (Phi) is 4.98. The zero-order valence-electron chi connectivity index (χ0n) is 10.6. The standard InChI is InChI=1S/C14H28/c1-5-6-13-7-8-14(9-11(2)3)12(4)10-13/h11-14H,5-10H2,1-4H3. The van der Waals surface area contributed by atoms with Crippen LogP contribution in [0, 0.1) is 23.7 Å². The van der Waals surface area contributed by atoms with Crippen molar-refractivity contribution in [2.75, 3.05) is 0 Å². The minimum atomic E-state index is 0.894. The zero-order chi connectivity index (χ0) is 10.6. The van der Waals surface area contributed by atoms with Crippen molar-refractivity contribution in [3.8, 4) is 0 Å². The van der Waals surface area contributed by atoms with Gasteiger partial charge in [-0.15, -0.1) is 0 Å². The third-order valence-electron chi connectivity index (χ3n) is 3.93. The Labute approximate surface area is 90.5 Å². The number of hydrogen-bond acceptors (Lipinski definition) is 0. The zero-order valence-corrected chi connectivity index (χ0v) is 10.6. The van der Waals surface area contributed by atoms with E-state index < -0.39 is 0 Å². The third-order valence-corrected chi connectivity index (χ3v) is 3.93. The van der Waals surface area contributed by atoms with Gasteiger partial charge in [-0.2, -0.15) is 0 Å². The van der Waals surface area contributed by atoms with Crippen LogP contribution in [0.2, 0.25) is 0 Å². The fraction of sp³-hybridized carbons (Fsp3) is 1.00. The number of hydrogen-bond donors (Lipinski definition) is 0. The summed E-state index contributed by atoms with van der Waals surface area (Å²) in [5, 5.41) is 0. The summed E-state index contributed by atoms with van der Waals surface area (Å²) >= 11 is 0. The largest absolute Gasteiger partial charge is 0.0654 e. The molecule has 0 bridgehead atoms. The fourth-order valence-electron chi connectivity index (χ4n) is 3.20. The van der Waals surface area contributed by atoms with E-state index in [9.17, 15) is 0 Å². The minimum Gasteiger partial charge on any atom is -0.0654 e. The van der Waals surface area contributed by atoms with Crippen LogP contribution in [-0.4, -0.2) is 0 Å². The van der Waals surface area contributed by atoms with Crippen LogP contribution in [0.3, 0.4) is 0 Å². The fourth-order valence-corrected chi connectivity index (χ4v) is 3.20. The van der Waals surface area contributed by atoms with Gasteiger partial charge in [0.25, 0.3) is 0 Å². The lowest BCUT2D eigenvalue weighted by molar-refractivity contribution is 0.164. The molecule has 0 saturated heterocycles. The van der Waals surface area contributed by atoms with Gasteiger partial charge in [0.1, 0.15) is 0 Å². The van der Waals surface area contributed by atoms with Crippen molar-refractivity contribution in [3.63, 3.8) is 0 Å². The molecule has 0 amide bonds. The van der Waals surface area contributed by atoms with E-state index in [4.69, 9.17) is 0 Å². The van der Waals surface area contributed by atoms with Crippen LogP contribution in [-0.2, 0) is 0 Å². The molecule has 1 fully saturated rings. The van der Waals surface area contributed by atoms with Crippen LogP contribution < -0.4 is 0 Å². The molecule has 0 aliphatic heterocycles. The van der Waals surface area contributed by atoms with Crippen molar-refractivity contribution in [3.05, 3.63) is 0 Å². The molecule has 14 heavy (non-hydrogen) atoms. The van der Waals surface area contributed by atoms with Gasteiger partial charge in [0.05, 0.1) is 0 Å². The molecule has 0 nitrogen and oxygen atoms in total. The quantitative estimate of drug-likeness (QED) is 0.601. The highest BCUT2D eigenvalue weighted by atomic mass is 14.3. The molecule has 0 heteroatoms. The van der Waals surface area contributed by atoms with Gasteiger partial charge in [0.2, 0.25) is 0 Å². The Hall–Kier alpha value is 0. The van der Waals surface area contributed by atoms with Gasteiger partial charge in [-0.25, -0.2) is 0 Å². The maximum absolute atomic E-state index is 2.48. The highest BCUT2D eigenvalue weighted by Crippen LogP contribution is 2.38. The van der Waals surface area contributed by atoms with Crippen molar-refractivity contribution in [1.82, 2.24) is 0 Å².